The molecule has 2 atom stereocenters. The van der Waals surface area contributed by atoms with Crippen molar-refractivity contribution >= 4 is 17.7 Å². The standard InChI is InChI=1S/C21H30N4O2S/c1-16-8-6-7-11-18(16)22-20(26)15-28-21-24-23-19(25(21)12-13-27-2)14-17-9-4-3-5-10-17/h3-5,9-10,16,18H,6-8,11-15H2,1-2H3,(H,22,26)/t16-,18+/m0/s1. The third-order valence-corrected chi connectivity index (χ3v) is 6.27. The number of ether oxygens (including phenoxy) is 1. The number of rotatable bonds is 9. The summed E-state index contributed by atoms with van der Waals surface area (Å²) in [5.74, 6) is 1.90. The summed E-state index contributed by atoms with van der Waals surface area (Å²) in [6.45, 7) is 3.49. The lowest BCUT2D eigenvalue weighted by molar-refractivity contribution is -0.119. The van der Waals surface area contributed by atoms with E-state index in [4.69, 9.17) is 4.74 Å². The lowest BCUT2D eigenvalue weighted by Gasteiger charge is -2.29. The van der Waals surface area contributed by atoms with Crippen molar-refractivity contribution in [1.29, 1.82) is 0 Å². The van der Waals surface area contributed by atoms with Gasteiger partial charge in [-0.2, -0.15) is 0 Å². The summed E-state index contributed by atoms with van der Waals surface area (Å²) >= 11 is 1.45. The number of nitrogens with one attached hydrogen (secondary N) is 1. The molecule has 28 heavy (non-hydrogen) atoms. The number of nitrogens with zero attached hydrogens (tertiary/aromatic N) is 3. The molecule has 0 radical (unpaired) electrons. The zero-order chi connectivity index (χ0) is 19.8. The van der Waals surface area contributed by atoms with Gasteiger partial charge < -0.3 is 14.6 Å². The molecule has 0 unspecified atom stereocenters. The van der Waals surface area contributed by atoms with Gasteiger partial charge in [0.15, 0.2) is 5.16 Å². The lowest BCUT2D eigenvalue weighted by atomic mass is 9.86. The van der Waals surface area contributed by atoms with Crippen LogP contribution in [0.5, 0.6) is 0 Å². The Balaban J connectivity index is 1.61. The van der Waals surface area contributed by atoms with E-state index < -0.39 is 0 Å². The van der Waals surface area contributed by atoms with E-state index >= 15 is 0 Å². The first-order valence-corrected chi connectivity index (χ1v) is 11.0. The van der Waals surface area contributed by atoms with Crippen LogP contribution in [0.1, 0.15) is 44.0 Å². The fraction of sp³-hybridized carbons (Fsp3) is 0.571. The summed E-state index contributed by atoms with van der Waals surface area (Å²) in [6.07, 6.45) is 5.48. The second-order valence-corrected chi connectivity index (χ2v) is 8.37. The highest BCUT2D eigenvalue weighted by Gasteiger charge is 2.23. The highest BCUT2D eigenvalue weighted by atomic mass is 32.2. The van der Waals surface area contributed by atoms with Crippen molar-refractivity contribution in [1.82, 2.24) is 20.1 Å². The first-order chi connectivity index (χ1) is 13.7. The zero-order valence-electron chi connectivity index (χ0n) is 16.8. The van der Waals surface area contributed by atoms with Crippen LogP contribution in [0.15, 0.2) is 35.5 Å². The Kier molecular flexibility index (Phi) is 7.91. The Morgan fingerprint density at radius 1 is 1.25 bits per heavy atom. The van der Waals surface area contributed by atoms with E-state index in [1.807, 2.05) is 18.2 Å². The van der Waals surface area contributed by atoms with E-state index in [9.17, 15) is 4.79 Å². The van der Waals surface area contributed by atoms with Gasteiger partial charge in [-0.15, -0.1) is 10.2 Å². The lowest BCUT2D eigenvalue weighted by Crippen LogP contribution is -2.41. The number of carbonyl (C=O) groups excluding carboxylic acids is 1. The third-order valence-electron chi connectivity index (χ3n) is 5.31. The molecular formula is C21H30N4O2S. The van der Waals surface area contributed by atoms with Crippen LogP contribution in [0, 0.1) is 5.92 Å². The first-order valence-electron chi connectivity index (χ1n) is 10.0. The molecule has 0 bridgehead atoms. The molecule has 1 saturated carbocycles. The number of hydrogen-bond acceptors (Lipinski definition) is 5. The maximum absolute atomic E-state index is 12.4. The molecule has 152 valence electrons. The molecule has 1 aliphatic carbocycles. The van der Waals surface area contributed by atoms with Gasteiger partial charge in [-0.25, -0.2) is 0 Å². The van der Waals surface area contributed by atoms with Crippen LogP contribution in [0.25, 0.3) is 0 Å². The smallest absolute Gasteiger partial charge is 0.230 e. The molecule has 1 aromatic heterocycles. The van der Waals surface area contributed by atoms with Gasteiger partial charge in [0.05, 0.1) is 12.4 Å². The fourth-order valence-corrected chi connectivity index (χ4v) is 4.45. The summed E-state index contributed by atoms with van der Waals surface area (Å²) in [4.78, 5) is 12.4. The van der Waals surface area contributed by atoms with Gasteiger partial charge in [-0.1, -0.05) is 61.9 Å². The molecule has 3 rings (SSSR count). The molecule has 1 aromatic carbocycles. The Hall–Kier alpha value is -1.86. The van der Waals surface area contributed by atoms with Crippen LogP contribution in [0.2, 0.25) is 0 Å². The number of aromatic nitrogens is 3. The van der Waals surface area contributed by atoms with Crippen molar-refractivity contribution in [2.45, 2.75) is 56.8 Å². The average Bonchev–Trinajstić information content (AvgIpc) is 3.08. The number of carbonyl (C=O) groups is 1. The second kappa shape index (κ2) is 10.6. The maximum atomic E-state index is 12.4. The molecule has 2 aromatic rings. The van der Waals surface area contributed by atoms with Gasteiger partial charge in [0.2, 0.25) is 5.91 Å². The molecule has 0 spiro atoms. The largest absolute Gasteiger partial charge is 0.383 e. The Morgan fingerprint density at radius 3 is 2.79 bits per heavy atom. The normalized spacial score (nSPS) is 19.5. The van der Waals surface area contributed by atoms with Gasteiger partial charge in [0.1, 0.15) is 5.82 Å². The monoisotopic (exact) mass is 402 g/mol. The Labute approximate surface area is 171 Å². The minimum absolute atomic E-state index is 0.0784. The Bertz CT molecular complexity index is 750. The van der Waals surface area contributed by atoms with Crippen molar-refractivity contribution in [2.75, 3.05) is 19.5 Å². The predicted molar refractivity (Wildman–Crippen MR) is 111 cm³/mol. The van der Waals surface area contributed by atoms with Crippen LogP contribution >= 0.6 is 11.8 Å². The second-order valence-electron chi connectivity index (χ2n) is 7.43. The van der Waals surface area contributed by atoms with Crippen molar-refractivity contribution in [3.8, 4) is 0 Å². The minimum atomic E-state index is 0.0784. The van der Waals surface area contributed by atoms with E-state index in [1.165, 1.54) is 36.6 Å². The van der Waals surface area contributed by atoms with Crippen molar-refractivity contribution in [2.24, 2.45) is 5.92 Å². The van der Waals surface area contributed by atoms with E-state index in [0.717, 1.165) is 17.4 Å². The molecule has 6 nitrogen and oxygen atoms in total. The topological polar surface area (TPSA) is 69.0 Å². The van der Waals surface area contributed by atoms with E-state index in [1.54, 1.807) is 7.11 Å². The number of amides is 1. The molecule has 1 heterocycles. The minimum Gasteiger partial charge on any atom is -0.383 e. The highest BCUT2D eigenvalue weighted by Crippen LogP contribution is 2.24. The van der Waals surface area contributed by atoms with Crippen LogP contribution in [0.3, 0.4) is 0 Å². The molecule has 1 fully saturated rings. The summed E-state index contributed by atoms with van der Waals surface area (Å²) in [7, 11) is 1.69. The number of benzene rings is 1. The molecule has 0 saturated heterocycles. The molecule has 0 aliphatic heterocycles. The number of methoxy groups -OCH3 is 1. The van der Waals surface area contributed by atoms with Crippen LogP contribution in [-0.2, 0) is 22.5 Å². The summed E-state index contributed by atoms with van der Waals surface area (Å²) in [5.41, 5.74) is 1.19. The SMILES string of the molecule is COCCn1c(Cc2ccccc2)nnc1SCC(=O)N[C@@H]1CCCC[C@@H]1C. The highest BCUT2D eigenvalue weighted by molar-refractivity contribution is 7.99. The number of thioether (sulfide) groups is 1. The van der Waals surface area contributed by atoms with Crippen molar-refractivity contribution in [3.05, 3.63) is 41.7 Å². The Morgan fingerprint density at radius 2 is 2.04 bits per heavy atom. The van der Waals surface area contributed by atoms with Crippen LogP contribution in [0.4, 0.5) is 0 Å². The molecular weight excluding hydrogens is 372 g/mol. The van der Waals surface area contributed by atoms with Gasteiger partial charge in [0, 0.05) is 26.1 Å². The zero-order valence-corrected chi connectivity index (χ0v) is 17.6. The van der Waals surface area contributed by atoms with Gasteiger partial charge in [0.25, 0.3) is 0 Å². The van der Waals surface area contributed by atoms with Gasteiger partial charge >= 0.3 is 0 Å². The summed E-state index contributed by atoms with van der Waals surface area (Å²) < 4.78 is 7.32. The number of hydrogen-bond donors (Lipinski definition) is 1. The summed E-state index contributed by atoms with van der Waals surface area (Å²) in [6, 6.07) is 10.5. The van der Waals surface area contributed by atoms with Crippen molar-refractivity contribution in [3.63, 3.8) is 0 Å². The first kappa shape index (κ1) is 20.9. The maximum Gasteiger partial charge on any atom is 0.230 e. The quantitative estimate of drug-likeness (QED) is 0.652. The van der Waals surface area contributed by atoms with Gasteiger partial charge in [-0.05, 0) is 24.3 Å². The molecule has 1 N–H and O–H groups in total. The molecule has 7 heteroatoms. The van der Waals surface area contributed by atoms with E-state index in [0.29, 0.717) is 37.3 Å². The van der Waals surface area contributed by atoms with E-state index in [2.05, 4.69) is 39.1 Å². The fourth-order valence-electron chi connectivity index (χ4n) is 3.65. The predicted octanol–water partition coefficient (Wildman–Crippen LogP) is 3.30. The van der Waals surface area contributed by atoms with Crippen molar-refractivity contribution < 1.29 is 9.53 Å². The van der Waals surface area contributed by atoms with Crippen LogP contribution in [-0.4, -0.2) is 46.2 Å². The third kappa shape index (κ3) is 5.82. The average molecular weight is 403 g/mol. The van der Waals surface area contributed by atoms with Crippen LogP contribution < -0.4 is 5.32 Å². The summed E-state index contributed by atoms with van der Waals surface area (Å²) in [5, 5.41) is 12.7. The molecule has 1 aliphatic rings. The molecule has 1 amide bonds. The van der Waals surface area contributed by atoms with Gasteiger partial charge in [-0.3, -0.25) is 4.79 Å². The van der Waals surface area contributed by atoms with E-state index in [-0.39, 0.29) is 5.91 Å².